The van der Waals surface area contributed by atoms with Crippen LogP contribution in [0.5, 0.6) is 0 Å². The van der Waals surface area contributed by atoms with Crippen molar-refractivity contribution in [1.29, 1.82) is 0 Å². The molecule has 6 heteroatoms. The lowest BCUT2D eigenvalue weighted by Gasteiger charge is -2.33. The van der Waals surface area contributed by atoms with Gasteiger partial charge in [-0.3, -0.25) is 9.69 Å². The van der Waals surface area contributed by atoms with Gasteiger partial charge in [-0.2, -0.15) is 0 Å². The summed E-state index contributed by atoms with van der Waals surface area (Å²) in [4.78, 5) is 20.8. The van der Waals surface area contributed by atoms with Crippen molar-refractivity contribution in [1.82, 2.24) is 19.8 Å². The molecule has 2 aromatic rings. The second-order valence-electron chi connectivity index (χ2n) is 7.25. The average molecular weight is 359 g/mol. The minimum absolute atomic E-state index is 0.0643. The normalized spacial score (nSPS) is 20.4. The number of carbonyl (C=O) groups is 1. The number of imidazole rings is 1. The van der Waals surface area contributed by atoms with E-state index in [-0.39, 0.29) is 5.91 Å². The van der Waals surface area contributed by atoms with Crippen molar-refractivity contribution in [2.75, 3.05) is 19.6 Å². The van der Waals surface area contributed by atoms with Gasteiger partial charge in [-0.1, -0.05) is 6.07 Å². The number of hydrogen-bond donors (Lipinski definition) is 1. The fraction of sp³-hybridized carbons (Fsp3) is 0.579. The largest absolute Gasteiger partial charge is 0.355 e. The van der Waals surface area contributed by atoms with Crippen LogP contribution in [0.4, 0.5) is 0 Å². The summed E-state index contributed by atoms with van der Waals surface area (Å²) in [5.74, 6) is 2.08. The number of nitrogens with zero attached hydrogens (tertiary/aromatic N) is 3. The third-order valence-electron chi connectivity index (χ3n) is 5.21. The number of rotatable bonds is 7. The van der Waals surface area contributed by atoms with E-state index in [1.165, 1.54) is 24.3 Å². The van der Waals surface area contributed by atoms with E-state index in [0.29, 0.717) is 19.0 Å². The van der Waals surface area contributed by atoms with Crippen molar-refractivity contribution in [2.45, 2.75) is 45.2 Å². The molecule has 3 heterocycles. The maximum atomic E-state index is 12.2. The van der Waals surface area contributed by atoms with E-state index in [2.05, 4.69) is 39.4 Å². The molecule has 1 unspecified atom stereocenters. The van der Waals surface area contributed by atoms with Gasteiger partial charge in [0.2, 0.25) is 5.91 Å². The smallest absolute Gasteiger partial charge is 0.226 e. The monoisotopic (exact) mass is 358 g/mol. The Bertz CT molecular complexity index is 720. The molecule has 0 radical (unpaired) electrons. The molecule has 1 atom stereocenters. The molecule has 0 bridgehead atoms. The van der Waals surface area contributed by atoms with E-state index in [0.717, 1.165) is 36.9 Å². The van der Waals surface area contributed by atoms with Crippen molar-refractivity contribution in [3.8, 4) is 0 Å². The van der Waals surface area contributed by atoms with Gasteiger partial charge in [-0.25, -0.2) is 4.98 Å². The van der Waals surface area contributed by atoms with Crippen LogP contribution in [0, 0.1) is 5.92 Å². The van der Waals surface area contributed by atoms with E-state index in [4.69, 9.17) is 4.98 Å². The van der Waals surface area contributed by atoms with Crippen molar-refractivity contribution < 1.29 is 4.79 Å². The summed E-state index contributed by atoms with van der Waals surface area (Å²) < 4.78 is 2.24. The molecule has 1 amide bonds. The van der Waals surface area contributed by atoms with E-state index in [9.17, 15) is 4.79 Å². The molecule has 1 fully saturated rings. The zero-order chi connectivity index (χ0) is 17.2. The third kappa shape index (κ3) is 4.12. The van der Waals surface area contributed by atoms with Gasteiger partial charge in [0.1, 0.15) is 5.82 Å². The highest BCUT2D eigenvalue weighted by atomic mass is 32.1. The Morgan fingerprint density at radius 1 is 1.40 bits per heavy atom. The number of thiophene rings is 1. The summed E-state index contributed by atoms with van der Waals surface area (Å²) in [5, 5.41) is 5.08. The summed E-state index contributed by atoms with van der Waals surface area (Å²) in [7, 11) is 0. The van der Waals surface area contributed by atoms with Crippen LogP contribution in [0.15, 0.2) is 23.7 Å². The average Bonchev–Trinajstić information content (AvgIpc) is 3.08. The number of carbonyl (C=O) groups excluding carboxylic acids is 1. The zero-order valence-electron chi connectivity index (χ0n) is 14.8. The SMILES string of the molecule is CC1c2nc(CC(=O)NCCc3cccs3)cn2CCN1CC1CC1. The van der Waals surface area contributed by atoms with Gasteiger partial charge in [-0.15, -0.1) is 11.3 Å². The van der Waals surface area contributed by atoms with Crippen LogP contribution in [0.3, 0.4) is 0 Å². The number of hydrogen-bond acceptors (Lipinski definition) is 4. The van der Waals surface area contributed by atoms with E-state index in [1.807, 2.05) is 6.07 Å². The van der Waals surface area contributed by atoms with Gasteiger partial charge in [-0.05, 0) is 43.6 Å². The van der Waals surface area contributed by atoms with Crippen LogP contribution in [0.25, 0.3) is 0 Å². The quantitative estimate of drug-likeness (QED) is 0.828. The first kappa shape index (κ1) is 16.8. The molecule has 0 spiro atoms. The molecule has 5 nitrogen and oxygen atoms in total. The molecule has 25 heavy (non-hydrogen) atoms. The first-order chi connectivity index (χ1) is 12.2. The summed E-state index contributed by atoms with van der Waals surface area (Å²) >= 11 is 1.73. The maximum Gasteiger partial charge on any atom is 0.226 e. The van der Waals surface area contributed by atoms with Crippen LogP contribution in [0.1, 0.15) is 42.2 Å². The number of amides is 1. The Morgan fingerprint density at radius 2 is 2.28 bits per heavy atom. The first-order valence-electron chi connectivity index (χ1n) is 9.28. The molecule has 134 valence electrons. The van der Waals surface area contributed by atoms with Gasteiger partial charge in [0.25, 0.3) is 0 Å². The predicted molar refractivity (Wildman–Crippen MR) is 99.7 cm³/mol. The fourth-order valence-electron chi connectivity index (χ4n) is 3.57. The Hall–Kier alpha value is -1.66. The van der Waals surface area contributed by atoms with Crippen LogP contribution in [-0.4, -0.2) is 40.0 Å². The lowest BCUT2D eigenvalue weighted by atomic mass is 10.2. The Balaban J connectivity index is 1.30. The highest BCUT2D eigenvalue weighted by molar-refractivity contribution is 7.09. The maximum absolute atomic E-state index is 12.2. The van der Waals surface area contributed by atoms with Crippen LogP contribution >= 0.6 is 11.3 Å². The highest BCUT2D eigenvalue weighted by Crippen LogP contribution is 2.33. The molecule has 4 rings (SSSR count). The first-order valence-corrected chi connectivity index (χ1v) is 10.2. The number of fused-ring (bicyclic) bond motifs is 1. The summed E-state index contributed by atoms with van der Waals surface area (Å²) in [5.41, 5.74) is 0.892. The Kier molecular flexibility index (Phi) is 4.90. The van der Waals surface area contributed by atoms with Gasteiger partial charge in [0, 0.05) is 37.3 Å². The van der Waals surface area contributed by atoms with E-state index in [1.54, 1.807) is 11.3 Å². The Labute approximate surface area is 153 Å². The summed E-state index contributed by atoms with van der Waals surface area (Å²) in [6.07, 6.45) is 6.11. The molecule has 0 aromatic carbocycles. The number of aromatic nitrogens is 2. The predicted octanol–water partition coefficient (Wildman–Crippen LogP) is 2.63. The molecule has 1 N–H and O–H groups in total. The highest BCUT2D eigenvalue weighted by Gasteiger charge is 2.31. The van der Waals surface area contributed by atoms with Crippen LogP contribution < -0.4 is 5.32 Å². The van der Waals surface area contributed by atoms with Crippen molar-refractivity contribution in [3.05, 3.63) is 40.1 Å². The standard InChI is InChI=1S/C19H26N4OS/c1-14-19-21-16(11-18(24)20-7-6-17-3-2-10-25-17)13-23(19)9-8-22(14)12-15-4-5-15/h2-3,10,13-15H,4-9,11-12H2,1H3,(H,20,24). The minimum Gasteiger partial charge on any atom is -0.355 e. The number of nitrogens with one attached hydrogen (secondary N) is 1. The lowest BCUT2D eigenvalue weighted by Crippen LogP contribution is -2.38. The fourth-order valence-corrected chi connectivity index (χ4v) is 4.27. The molecule has 1 aliphatic carbocycles. The Morgan fingerprint density at radius 3 is 3.04 bits per heavy atom. The second kappa shape index (κ2) is 7.30. The molecule has 0 saturated heterocycles. The van der Waals surface area contributed by atoms with Crippen LogP contribution in [-0.2, 0) is 24.2 Å². The second-order valence-corrected chi connectivity index (χ2v) is 8.29. The van der Waals surface area contributed by atoms with Gasteiger partial charge in [0.15, 0.2) is 0 Å². The lowest BCUT2D eigenvalue weighted by molar-refractivity contribution is -0.120. The molecule has 1 saturated carbocycles. The molecule has 2 aliphatic rings. The summed E-state index contributed by atoms with van der Waals surface area (Å²) in [6, 6.07) is 4.50. The van der Waals surface area contributed by atoms with Gasteiger partial charge in [0.05, 0.1) is 18.2 Å². The molecule has 2 aromatic heterocycles. The van der Waals surface area contributed by atoms with Gasteiger partial charge < -0.3 is 9.88 Å². The topological polar surface area (TPSA) is 50.2 Å². The summed E-state index contributed by atoms with van der Waals surface area (Å²) in [6.45, 7) is 6.21. The van der Waals surface area contributed by atoms with Crippen LogP contribution in [0.2, 0.25) is 0 Å². The minimum atomic E-state index is 0.0643. The van der Waals surface area contributed by atoms with E-state index < -0.39 is 0 Å². The van der Waals surface area contributed by atoms with E-state index >= 15 is 0 Å². The molecular weight excluding hydrogens is 332 g/mol. The zero-order valence-corrected chi connectivity index (χ0v) is 15.6. The van der Waals surface area contributed by atoms with Crippen molar-refractivity contribution >= 4 is 17.2 Å². The van der Waals surface area contributed by atoms with Gasteiger partial charge >= 0.3 is 0 Å². The molecular formula is C19H26N4OS. The van der Waals surface area contributed by atoms with Crippen molar-refractivity contribution in [3.63, 3.8) is 0 Å². The molecule has 1 aliphatic heterocycles. The third-order valence-corrected chi connectivity index (χ3v) is 6.15. The van der Waals surface area contributed by atoms with Crippen molar-refractivity contribution in [2.24, 2.45) is 5.92 Å².